The topological polar surface area (TPSA) is 12.5 Å². The molecule has 0 aromatic heterocycles. The first-order valence-corrected chi connectivity index (χ1v) is 8.81. The maximum atomic E-state index is 5.21. The summed E-state index contributed by atoms with van der Waals surface area (Å²) in [4.78, 5) is 0. The zero-order chi connectivity index (χ0) is 9.10. The van der Waals surface area contributed by atoms with Gasteiger partial charge < -0.3 is 4.74 Å². The van der Waals surface area contributed by atoms with E-state index in [0.29, 0.717) is 6.10 Å². The molecule has 0 bridgehead atoms. The van der Waals surface area contributed by atoms with Crippen molar-refractivity contribution in [3.63, 3.8) is 0 Å². The Morgan fingerprint density at radius 2 is 2.31 bits per heavy atom. The number of rotatable bonds is 6. The zero-order valence-corrected chi connectivity index (χ0v) is 10.9. The van der Waals surface area contributed by atoms with Crippen LogP contribution in [0.25, 0.3) is 0 Å². The molecule has 2 rings (SSSR count). The average Bonchev–Trinajstić information content (AvgIpc) is 2.85. The van der Waals surface area contributed by atoms with Gasteiger partial charge >= 0.3 is 0 Å². The maximum absolute atomic E-state index is 5.21. The first-order chi connectivity index (χ1) is 6.38. The summed E-state index contributed by atoms with van der Waals surface area (Å²) in [5.74, 6) is 3.92. The van der Waals surface area contributed by atoms with E-state index in [0.717, 1.165) is 15.8 Å². The third kappa shape index (κ3) is 3.78. The van der Waals surface area contributed by atoms with Gasteiger partial charge in [-0.1, -0.05) is 0 Å². The van der Waals surface area contributed by atoms with Crippen molar-refractivity contribution in [3.05, 3.63) is 0 Å². The minimum atomic E-state index is 0.580. The standard InChI is InChI=1S/C8H14OS4/c1-10-8(12-3-6-2-9-6)13-7-4-11-5-7/h6-8H,2-5H2,1H3. The molecule has 2 aliphatic rings. The highest BCUT2D eigenvalue weighted by Gasteiger charge is 2.27. The molecule has 2 atom stereocenters. The Morgan fingerprint density at radius 3 is 2.77 bits per heavy atom. The molecule has 2 heterocycles. The van der Waals surface area contributed by atoms with E-state index in [-0.39, 0.29) is 0 Å². The van der Waals surface area contributed by atoms with E-state index in [4.69, 9.17) is 4.74 Å². The van der Waals surface area contributed by atoms with Crippen LogP contribution in [-0.4, -0.2) is 45.4 Å². The smallest absolute Gasteiger partial charge is 0.0957 e. The normalized spacial score (nSPS) is 29.8. The van der Waals surface area contributed by atoms with Gasteiger partial charge in [0, 0.05) is 22.5 Å². The number of epoxide rings is 1. The minimum absolute atomic E-state index is 0.580. The van der Waals surface area contributed by atoms with Crippen molar-refractivity contribution in [1.82, 2.24) is 0 Å². The van der Waals surface area contributed by atoms with Gasteiger partial charge in [-0.3, -0.25) is 0 Å². The molecule has 0 aromatic rings. The second-order valence-electron chi connectivity index (χ2n) is 3.11. The quantitative estimate of drug-likeness (QED) is 0.532. The third-order valence-electron chi connectivity index (χ3n) is 1.92. The fraction of sp³-hybridized carbons (Fsp3) is 1.00. The average molecular weight is 254 g/mol. The number of thioether (sulfide) groups is 4. The number of hydrogen-bond acceptors (Lipinski definition) is 5. The van der Waals surface area contributed by atoms with Crippen molar-refractivity contribution in [2.45, 2.75) is 15.3 Å². The molecule has 0 radical (unpaired) electrons. The lowest BCUT2D eigenvalue weighted by Gasteiger charge is -2.27. The molecule has 0 saturated carbocycles. The first-order valence-electron chi connectivity index (χ1n) is 4.37. The van der Waals surface area contributed by atoms with Crippen molar-refractivity contribution in [2.24, 2.45) is 0 Å². The second-order valence-corrected chi connectivity index (χ2v) is 8.57. The van der Waals surface area contributed by atoms with Crippen LogP contribution >= 0.6 is 47.0 Å². The molecule has 2 saturated heterocycles. The zero-order valence-electron chi connectivity index (χ0n) is 7.60. The molecule has 76 valence electrons. The first kappa shape index (κ1) is 10.9. The van der Waals surface area contributed by atoms with Gasteiger partial charge in [0.15, 0.2) is 0 Å². The summed E-state index contributed by atoms with van der Waals surface area (Å²) in [6.07, 6.45) is 2.79. The van der Waals surface area contributed by atoms with Gasteiger partial charge in [-0.15, -0.1) is 35.3 Å². The summed E-state index contributed by atoms with van der Waals surface area (Å²) in [5.41, 5.74) is 0. The summed E-state index contributed by atoms with van der Waals surface area (Å²) in [6.45, 7) is 0.998. The molecule has 0 aromatic carbocycles. The predicted octanol–water partition coefficient (Wildman–Crippen LogP) is 2.61. The van der Waals surface area contributed by atoms with Crippen molar-refractivity contribution in [3.8, 4) is 0 Å². The lowest BCUT2D eigenvalue weighted by atomic mass is 10.5. The molecule has 0 amide bonds. The molecule has 5 heteroatoms. The molecule has 0 N–H and O–H groups in total. The SMILES string of the molecule is CSC(SCC1CO1)SC1CSC1. The van der Waals surface area contributed by atoms with Crippen LogP contribution in [0.5, 0.6) is 0 Å². The summed E-state index contributed by atoms with van der Waals surface area (Å²) in [5, 5.41) is 0.926. The monoisotopic (exact) mass is 254 g/mol. The van der Waals surface area contributed by atoms with E-state index < -0.39 is 0 Å². The van der Waals surface area contributed by atoms with E-state index in [2.05, 4.69) is 41.5 Å². The lowest BCUT2D eigenvalue weighted by Crippen LogP contribution is -2.22. The van der Waals surface area contributed by atoms with Gasteiger partial charge in [0.25, 0.3) is 0 Å². The fourth-order valence-corrected chi connectivity index (χ4v) is 6.19. The number of hydrogen-bond donors (Lipinski definition) is 0. The fourth-order valence-electron chi connectivity index (χ4n) is 0.963. The number of ether oxygens (including phenoxy) is 1. The Labute approximate surface area is 96.9 Å². The summed E-state index contributed by atoms with van der Waals surface area (Å²) < 4.78 is 5.94. The summed E-state index contributed by atoms with van der Waals surface area (Å²) in [7, 11) is 0. The molecule has 2 aliphatic heterocycles. The van der Waals surface area contributed by atoms with Crippen LogP contribution in [0.4, 0.5) is 0 Å². The molecule has 0 spiro atoms. The molecule has 13 heavy (non-hydrogen) atoms. The van der Waals surface area contributed by atoms with Crippen LogP contribution in [0.15, 0.2) is 0 Å². The van der Waals surface area contributed by atoms with E-state index in [1.807, 2.05) is 11.8 Å². The summed E-state index contributed by atoms with van der Waals surface area (Å²) >= 11 is 8.26. The molecular formula is C8H14OS4. The van der Waals surface area contributed by atoms with Crippen LogP contribution in [0.3, 0.4) is 0 Å². The molecule has 2 fully saturated rings. The third-order valence-corrected chi connectivity index (χ3v) is 8.42. The largest absolute Gasteiger partial charge is 0.372 e. The Balaban J connectivity index is 1.59. The van der Waals surface area contributed by atoms with Crippen LogP contribution in [0, 0.1) is 0 Å². The minimum Gasteiger partial charge on any atom is -0.372 e. The van der Waals surface area contributed by atoms with E-state index in [1.54, 1.807) is 0 Å². The van der Waals surface area contributed by atoms with E-state index in [9.17, 15) is 0 Å². The van der Waals surface area contributed by atoms with Crippen LogP contribution < -0.4 is 0 Å². The van der Waals surface area contributed by atoms with Gasteiger partial charge in [0.1, 0.15) is 0 Å². The van der Waals surface area contributed by atoms with Gasteiger partial charge in [0.2, 0.25) is 0 Å². The molecular weight excluding hydrogens is 240 g/mol. The Bertz CT molecular complexity index is 158. The highest BCUT2D eigenvalue weighted by Crippen LogP contribution is 2.41. The van der Waals surface area contributed by atoms with Gasteiger partial charge in [-0.2, -0.15) is 11.8 Å². The summed E-state index contributed by atoms with van der Waals surface area (Å²) in [6, 6.07) is 0. The van der Waals surface area contributed by atoms with Crippen LogP contribution in [-0.2, 0) is 4.74 Å². The Kier molecular flexibility index (Phi) is 4.55. The van der Waals surface area contributed by atoms with E-state index >= 15 is 0 Å². The van der Waals surface area contributed by atoms with Gasteiger partial charge in [-0.25, -0.2) is 0 Å². The van der Waals surface area contributed by atoms with Gasteiger partial charge in [0.05, 0.1) is 16.6 Å². The predicted molar refractivity (Wildman–Crippen MR) is 68.2 cm³/mol. The Morgan fingerprint density at radius 1 is 1.54 bits per heavy atom. The van der Waals surface area contributed by atoms with E-state index in [1.165, 1.54) is 17.3 Å². The van der Waals surface area contributed by atoms with Crippen LogP contribution in [0.2, 0.25) is 0 Å². The highest BCUT2D eigenvalue weighted by atomic mass is 32.3. The van der Waals surface area contributed by atoms with Crippen LogP contribution in [0.1, 0.15) is 0 Å². The molecule has 0 aliphatic carbocycles. The van der Waals surface area contributed by atoms with Gasteiger partial charge in [-0.05, 0) is 6.26 Å². The lowest BCUT2D eigenvalue weighted by molar-refractivity contribution is 0.426. The van der Waals surface area contributed by atoms with Crippen molar-refractivity contribution < 1.29 is 4.74 Å². The Hall–Kier alpha value is 1.36. The van der Waals surface area contributed by atoms with Crippen molar-refractivity contribution in [1.29, 1.82) is 0 Å². The van der Waals surface area contributed by atoms with Crippen molar-refractivity contribution in [2.75, 3.05) is 30.1 Å². The molecule has 1 nitrogen and oxygen atoms in total. The second kappa shape index (κ2) is 5.45. The molecule has 2 unspecified atom stereocenters. The maximum Gasteiger partial charge on any atom is 0.0957 e. The van der Waals surface area contributed by atoms with Crippen molar-refractivity contribution >= 4 is 47.0 Å². The highest BCUT2D eigenvalue weighted by molar-refractivity contribution is 8.32.